The maximum Gasteiger partial charge on any atom is 0.236 e. The summed E-state index contributed by atoms with van der Waals surface area (Å²) in [5.41, 5.74) is 7.26. The second-order valence-electron chi connectivity index (χ2n) is 4.51. The second-order valence-corrected chi connectivity index (χ2v) is 6.64. The van der Waals surface area contributed by atoms with E-state index in [0.29, 0.717) is 12.1 Å². The van der Waals surface area contributed by atoms with Crippen molar-refractivity contribution >= 4 is 27.3 Å². The lowest BCUT2D eigenvalue weighted by atomic mass is 10.1. The summed E-state index contributed by atoms with van der Waals surface area (Å²) in [6, 6.07) is 10.6. The van der Waals surface area contributed by atoms with Crippen molar-refractivity contribution in [2.24, 2.45) is 5.73 Å². The predicted molar refractivity (Wildman–Crippen MR) is 82.0 cm³/mol. The predicted octanol–water partition coefficient (Wildman–Crippen LogP) is 2.88. The van der Waals surface area contributed by atoms with Crippen LogP contribution in [0.25, 0.3) is 0 Å². The van der Waals surface area contributed by atoms with E-state index in [1.807, 2.05) is 0 Å². The Kier molecular flexibility index (Phi) is 4.82. The largest absolute Gasteiger partial charge is 0.326 e. The molecule has 2 aromatic rings. The number of nitrogens with one attached hydrogen (secondary N) is 1. The Morgan fingerprint density at radius 2 is 1.71 bits per heavy atom. The molecule has 7 heteroatoms. The summed E-state index contributed by atoms with van der Waals surface area (Å²) in [4.78, 5) is 0. The van der Waals surface area contributed by atoms with Crippen LogP contribution in [0.5, 0.6) is 0 Å². The third-order valence-electron chi connectivity index (χ3n) is 2.81. The molecule has 3 N–H and O–H groups in total. The Hall–Kier alpha value is -1.63. The van der Waals surface area contributed by atoms with E-state index in [-0.39, 0.29) is 16.5 Å². The monoisotopic (exact) mass is 328 g/mol. The minimum atomic E-state index is -3.60. The SMILES string of the molecule is NCc1ccc(CS(=O)(=O)Nc2ccc(F)c(Cl)c2)cc1. The number of anilines is 1. The molecule has 0 aromatic heterocycles. The van der Waals surface area contributed by atoms with Crippen LogP contribution in [0.3, 0.4) is 0 Å². The average Bonchev–Trinajstić information content (AvgIpc) is 2.43. The van der Waals surface area contributed by atoms with Gasteiger partial charge in [-0.3, -0.25) is 4.72 Å². The molecule has 4 nitrogen and oxygen atoms in total. The summed E-state index contributed by atoms with van der Waals surface area (Å²) < 4.78 is 39.5. The van der Waals surface area contributed by atoms with Gasteiger partial charge in [-0.15, -0.1) is 0 Å². The van der Waals surface area contributed by atoms with Crippen LogP contribution in [-0.4, -0.2) is 8.42 Å². The Bertz CT molecular complexity index is 733. The number of sulfonamides is 1. The number of rotatable bonds is 5. The molecule has 21 heavy (non-hydrogen) atoms. The molecule has 0 heterocycles. The zero-order valence-corrected chi connectivity index (χ0v) is 12.6. The van der Waals surface area contributed by atoms with Crippen LogP contribution in [0.4, 0.5) is 10.1 Å². The quantitative estimate of drug-likeness (QED) is 0.886. The number of nitrogens with two attached hydrogens (primary N) is 1. The highest BCUT2D eigenvalue weighted by Gasteiger charge is 2.12. The topological polar surface area (TPSA) is 72.2 Å². The molecule has 0 bridgehead atoms. The van der Waals surface area contributed by atoms with Crippen molar-refractivity contribution in [3.8, 4) is 0 Å². The van der Waals surface area contributed by atoms with Crippen LogP contribution in [0, 0.1) is 5.82 Å². The average molecular weight is 329 g/mol. The van der Waals surface area contributed by atoms with E-state index in [0.717, 1.165) is 11.6 Å². The molecule has 2 aromatic carbocycles. The molecule has 0 unspecified atom stereocenters. The van der Waals surface area contributed by atoms with E-state index in [1.54, 1.807) is 24.3 Å². The van der Waals surface area contributed by atoms with E-state index in [9.17, 15) is 12.8 Å². The molecular formula is C14H14ClFN2O2S. The molecule has 2 rings (SSSR count). The Morgan fingerprint density at radius 1 is 1.10 bits per heavy atom. The van der Waals surface area contributed by atoms with Gasteiger partial charge in [0, 0.05) is 6.54 Å². The third kappa shape index (κ3) is 4.42. The normalized spacial score (nSPS) is 11.4. The lowest BCUT2D eigenvalue weighted by Crippen LogP contribution is -2.15. The molecule has 0 amide bonds. The van der Waals surface area contributed by atoms with Crippen molar-refractivity contribution in [2.45, 2.75) is 12.3 Å². The minimum Gasteiger partial charge on any atom is -0.326 e. The van der Waals surface area contributed by atoms with Crippen LogP contribution >= 0.6 is 11.6 Å². The van der Waals surface area contributed by atoms with Crippen LogP contribution in [-0.2, 0) is 22.3 Å². The van der Waals surface area contributed by atoms with E-state index in [4.69, 9.17) is 17.3 Å². The minimum absolute atomic E-state index is 0.137. The highest BCUT2D eigenvalue weighted by molar-refractivity contribution is 7.91. The maximum absolute atomic E-state index is 13.0. The van der Waals surface area contributed by atoms with E-state index >= 15 is 0 Å². The Balaban J connectivity index is 2.12. The fraction of sp³-hybridized carbons (Fsp3) is 0.143. The standard InChI is InChI=1S/C14H14ClFN2O2S/c15-13-7-12(5-6-14(13)16)18-21(19,20)9-11-3-1-10(8-17)2-4-11/h1-7,18H,8-9,17H2. The second kappa shape index (κ2) is 6.43. The van der Waals surface area contributed by atoms with Gasteiger partial charge in [-0.25, -0.2) is 12.8 Å². The Morgan fingerprint density at radius 3 is 2.29 bits per heavy atom. The lowest BCUT2D eigenvalue weighted by Gasteiger charge is -2.09. The van der Waals surface area contributed by atoms with Gasteiger partial charge >= 0.3 is 0 Å². The smallest absolute Gasteiger partial charge is 0.236 e. The summed E-state index contributed by atoms with van der Waals surface area (Å²) in [7, 11) is -3.60. The lowest BCUT2D eigenvalue weighted by molar-refractivity contribution is 0.600. The van der Waals surface area contributed by atoms with E-state index in [1.165, 1.54) is 12.1 Å². The first-order valence-corrected chi connectivity index (χ1v) is 8.16. The molecule has 0 radical (unpaired) electrons. The van der Waals surface area contributed by atoms with Crippen LogP contribution in [0.2, 0.25) is 5.02 Å². The fourth-order valence-electron chi connectivity index (χ4n) is 1.77. The van der Waals surface area contributed by atoms with Gasteiger partial charge < -0.3 is 5.73 Å². The molecule has 0 atom stereocenters. The first kappa shape index (κ1) is 15.8. The summed E-state index contributed by atoms with van der Waals surface area (Å²) >= 11 is 5.61. The van der Waals surface area contributed by atoms with E-state index < -0.39 is 15.8 Å². The van der Waals surface area contributed by atoms with Gasteiger partial charge in [0.25, 0.3) is 0 Å². The summed E-state index contributed by atoms with van der Waals surface area (Å²) in [5.74, 6) is -0.788. The first-order valence-electron chi connectivity index (χ1n) is 6.13. The van der Waals surface area contributed by atoms with Gasteiger partial charge in [-0.05, 0) is 29.3 Å². The zero-order chi connectivity index (χ0) is 15.5. The molecule has 0 spiro atoms. The van der Waals surface area contributed by atoms with Gasteiger partial charge in [0.15, 0.2) is 0 Å². The number of hydrogen-bond acceptors (Lipinski definition) is 3. The molecule has 112 valence electrons. The van der Waals surface area contributed by atoms with Crippen molar-refractivity contribution in [1.82, 2.24) is 0 Å². The van der Waals surface area contributed by atoms with E-state index in [2.05, 4.69) is 4.72 Å². The number of benzene rings is 2. The van der Waals surface area contributed by atoms with Crippen molar-refractivity contribution in [2.75, 3.05) is 4.72 Å². The molecule has 0 aliphatic carbocycles. The van der Waals surface area contributed by atoms with Crippen LogP contribution < -0.4 is 10.5 Å². The van der Waals surface area contributed by atoms with Gasteiger partial charge in [-0.2, -0.15) is 0 Å². The summed E-state index contributed by atoms with van der Waals surface area (Å²) in [5, 5.41) is -0.137. The number of halogens is 2. The van der Waals surface area contributed by atoms with Crippen molar-refractivity contribution in [3.05, 3.63) is 64.4 Å². The van der Waals surface area contributed by atoms with Crippen LogP contribution in [0.15, 0.2) is 42.5 Å². The highest BCUT2D eigenvalue weighted by atomic mass is 35.5. The summed E-state index contributed by atoms with van der Waals surface area (Å²) in [6.45, 7) is 0.402. The third-order valence-corrected chi connectivity index (χ3v) is 4.36. The van der Waals surface area contributed by atoms with Crippen LogP contribution in [0.1, 0.15) is 11.1 Å². The molecule has 0 aliphatic heterocycles. The molecular weight excluding hydrogens is 315 g/mol. The Labute approximate surface area is 127 Å². The summed E-state index contributed by atoms with van der Waals surface area (Å²) in [6.07, 6.45) is 0. The fourth-order valence-corrected chi connectivity index (χ4v) is 3.14. The molecule has 0 saturated carbocycles. The molecule has 0 aliphatic rings. The van der Waals surface area contributed by atoms with Crippen molar-refractivity contribution < 1.29 is 12.8 Å². The van der Waals surface area contributed by atoms with Gasteiger partial charge in [0.05, 0.1) is 16.5 Å². The molecule has 0 saturated heterocycles. The van der Waals surface area contributed by atoms with Crippen molar-refractivity contribution in [1.29, 1.82) is 0 Å². The first-order chi connectivity index (χ1) is 9.89. The van der Waals surface area contributed by atoms with Gasteiger partial charge in [0.1, 0.15) is 5.82 Å². The van der Waals surface area contributed by atoms with Gasteiger partial charge in [0.2, 0.25) is 10.0 Å². The maximum atomic E-state index is 13.0. The van der Waals surface area contributed by atoms with Gasteiger partial charge in [-0.1, -0.05) is 35.9 Å². The highest BCUT2D eigenvalue weighted by Crippen LogP contribution is 2.21. The zero-order valence-electron chi connectivity index (χ0n) is 11.0. The molecule has 0 fully saturated rings. The van der Waals surface area contributed by atoms with Crippen molar-refractivity contribution in [3.63, 3.8) is 0 Å². The number of hydrogen-bond donors (Lipinski definition) is 2.